The van der Waals surface area contributed by atoms with Crippen LogP contribution in [0.15, 0.2) is 29.1 Å². The van der Waals surface area contributed by atoms with E-state index in [0.29, 0.717) is 24.2 Å². The van der Waals surface area contributed by atoms with E-state index in [1.54, 1.807) is 0 Å². The molecule has 3 rings (SSSR count). The van der Waals surface area contributed by atoms with Crippen molar-refractivity contribution >= 4 is 28.9 Å². The molecule has 2 aromatic heterocycles. The van der Waals surface area contributed by atoms with Gasteiger partial charge in [0.2, 0.25) is 5.91 Å². The maximum absolute atomic E-state index is 13.0. The monoisotopic (exact) mass is 539 g/mol. The van der Waals surface area contributed by atoms with Gasteiger partial charge in [-0.2, -0.15) is 9.97 Å². The molecule has 0 spiro atoms. The summed E-state index contributed by atoms with van der Waals surface area (Å²) < 4.78 is 12.0. The number of unbranched alkanes of at least 4 members (excludes halogenated alkanes) is 3. The van der Waals surface area contributed by atoms with E-state index in [2.05, 4.69) is 48.0 Å². The molecular formula is C29H41N5O5. The summed E-state index contributed by atoms with van der Waals surface area (Å²) in [5.41, 5.74) is 2.16. The normalized spacial score (nSPS) is 11.5. The van der Waals surface area contributed by atoms with E-state index >= 15 is 0 Å². The zero-order valence-corrected chi connectivity index (χ0v) is 23.8. The second-order valence-corrected chi connectivity index (χ2v) is 11.0. The molecule has 0 saturated carbocycles. The second-order valence-electron chi connectivity index (χ2n) is 11.0. The molecule has 212 valence electrons. The molecule has 0 bridgehead atoms. The Balaban J connectivity index is 1.83. The summed E-state index contributed by atoms with van der Waals surface area (Å²) in [4.78, 5) is 49.2. The highest BCUT2D eigenvalue weighted by atomic mass is 16.5. The lowest BCUT2D eigenvalue weighted by atomic mass is 9.89. The van der Waals surface area contributed by atoms with Gasteiger partial charge in [0.15, 0.2) is 11.5 Å². The molecule has 0 fully saturated rings. The number of rotatable bonds is 14. The Morgan fingerprint density at radius 2 is 1.85 bits per heavy atom. The first kappa shape index (κ1) is 29.9. The quantitative estimate of drug-likeness (QED) is 0.218. The molecule has 2 N–H and O–H groups in total. The molecule has 0 aliphatic heterocycles. The first-order valence-electron chi connectivity index (χ1n) is 13.7. The van der Waals surface area contributed by atoms with Crippen LogP contribution in [0.25, 0.3) is 11.2 Å². The molecule has 0 atom stereocenters. The van der Waals surface area contributed by atoms with Crippen LogP contribution in [0.4, 0.5) is 5.82 Å². The van der Waals surface area contributed by atoms with Crippen LogP contribution in [0.1, 0.15) is 83.8 Å². The van der Waals surface area contributed by atoms with Crippen LogP contribution >= 0.6 is 0 Å². The third-order valence-electron chi connectivity index (χ3n) is 6.33. The van der Waals surface area contributed by atoms with Gasteiger partial charge in [-0.05, 0) is 35.8 Å². The highest BCUT2D eigenvalue weighted by Crippen LogP contribution is 2.24. The maximum Gasteiger partial charge on any atom is 0.328 e. The van der Waals surface area contributed by atoms with Crippen molar-refractivity contribution in [1.82, 2.24) is 19.5 Å². The van der Waals surface area contributed by atoms with Gasteiger partial charge in [0, 0.05) is 6.42 Å². The van der Waals surface area contributed by atoms with Crippen LogP contribution in [-0.4, -0.2) is 45.1 Å². The standard InChI is InChI=1S/C29H41N5O5/c1-6-7-16-39-27-32-25(30-22(35)14-9-8-10-15-29(2,3)4)24-26(33-27)34(28(37)31-24)19-21-13-11-12-20(17-21)18-23(36)38-5/h11-13,17H,6-10,14-16,18-19H2,1-5H3,(H,31,37)(H,30,32,33,35). The highest BCUT2D eigenvalue weighted by molar-refractivity contribution is 5.97. The molecule has 10 nitrogen and oxygen atoms in total. The van der Waals surface area contributed by atoms with Gasteiger partial charge in [0.25, 0.3) is 0 Å². The van der Waals surface area contributed by atoms with Crippen LogP contribution in [0.5, 0.6) is 6.01 Å². The van der Waals surface area contributed by atoms with Crippen LogP contribution < -0.4 is 15.7 Å². The zero-order chi connectivity index (χ0) is 28.4. The third-order valence-corrected chi connectivity index (χ3v) is 6.33. The Morgan fingerprint density at radius 3 is 2.56 bits per heavy atom. The second kappa shape index (κ2) is 13.9. The number of esters is 1. The van der Waals surface area contributed by atoms with E-state index in [1.807, 2.05) is 24.3 Å². The molecule has 0 aliphatic carbocycles. The number of H-pyrrole nitrogens is 1. The van der Waals surface area contributed by atoms with Gasteiger partial charge in [0.1, 0.15) is 5.52 Å². The first-order valence-corrected chi connectivity index (χ1v) is 13.7. The van der Waals surface area contributed by atoms with Crippen molar-refractivity contribution in [3.05, 3.63) is 45.9 Å². The predicted molar refractivity (Wildman–Crippen MR) is 151 cm³/mol. The number of carbonyl (C=O) groups excluding carboxylic acids is 2. The van der Waals surface area contributed by atoms with Crippen molar-refractivity contribution in [2.45, 2.75) is 85.6 Å². The Bertz CT molecular complexity index is 1320. The van der Waals surface area contributed by atoms with Crippen molar-refractivity contribution in [1.29, 1.82) is 0 Å². The molecule has 0 unspecified atom stereocenters. The van der Waals surface area contributed by atoms with Gasteiger partial charge >= 0.3 is 17.7 Å². The lowest BCUT2D eigenvalue weighted by Crippen LogP contribution is -2.18. The zero-order valence-electron chi connectivity index (χ0n) is 23.8. The number of carbonyl (C=O) groups is 2. The molecular weight excluding hydrogens is 498 g/mol. The average Bonchev–Trinajstić information content (AvgIpc) is 3.18. The summed E-state index contributed by atoms with van der Waals surface area (Å²) in [6.07, 6.45) is 6.19. The van der Waals surface area contributed by atoms with Crippen molar-refractivity contribution < 1.29 is 19.1 Å². The number of benzene rings is 1. The number of hydrogen-bond donors (Lipinski definition) is 2. The van der Waals surface area contributed by atoms with Crippen LogP contribution in [0.2, 0.25) is 0 Å². The fraction of sp³-hybridized carbons (Fsp3) is 0.552. The molecule has 0 aliphatic rings. The summed E-state index contributed by atoms with van der Waals surface area (Å²) in [5.74, 6) is -0.288. The Kier molecular flexibility index (Phi) is 10.7. The smallest absolute Gasteiger partial charge is 0.328 e. The van der Waals surface area contributed by atoms with E-state index in [4.69, 9.17) is 9.47 Å². The number of hydrogen-bond acceptors (Lipinski definition) is 7. The topological polar surface area (TPSA) is 128 Å². The Labute approximate surface area is 229 Å². The van der Waals surface area contributed by atoms with Crippen molar-refractivity contribution in [2.24, 2.45) is 5.41 Å². The minimum Gasteiger partial charge on any atom is -0.469 e. The van der Waals surface area contributed by atoms with Gasteiger partial charge in [-0.1, -0.05) is 71.2 Å². The fourth-order valence-corrected chi connectivity index (χ4v) is 4.19. The lowest BCUT2D eigenvalue weighted by Gasteiger charge is -2.17. The molecule has 1 aromatic carbocycles. The number of aromatic amines is 1. The molecule has 39 heavy (non-hydrogen) atoms. The molecule has 3 aromatic rings. The van der Waals surface area contributed by atoms with E-state index in [0.717, 1.165) is 49.7 Å². The van der Waals surface area contributed by atoms with Crippen LogP contribution in [0, 0.1) is 5.41 Å². The molecule has 1 amide bonds. The van der Waals surface area contributed by atoms with Gasteiger partial charge < -0.3 is 19.8 Å². The summed E-state index contributed by atoms with van der Waals surface area (Å²) in [6.45, 7) is 9.33. The lowest BCUT2D eigenvalue weighted by molar-refractivity contribution is -0.139. The average molecular weight is 540 g/mol. The number of fused-ring (bicyclic) bond motifs is 1. The third kappa shape index (κ3) is 9.23. The maximum atomic E-state index is 13.0. The van der Waals surface area contributed by atoms with Gasteiger partial charge in [-0.25, -0.2) is 4.79 Å². The van der Waals surface area contributed by atoms with Crippen LogP contribution in [-0.2, 0) is 27.3 Å². The Hall–Kier alpha value is -3.69. The number of aromatic nitrogens is 4. The highest BCUT2D eigenvalue weighted by Gasteiger charge is 2.19. The summed E-state index contributed by atoms with van der Waals surface area (Å²) in [6, 6.07) is 7.48. The molecule has 0 radical (unpaired) electrons. The van der Waals surface area contributed by atoms with E-state index in [1.165, 1.54) is 11.7 Å². The minimum absolute atomic E-state index is 0.101. The number of nitrogens with zero attached hydrogens (tertiary/aromatic N) is 3. The van der Waals surface area contributed by atoms with E-state index in [9.17, 15) is 14.4 Å². The summed E-state index contributed by atoms with van der Waals surface area (Å²) >= 11 is 0. The number of anilines is 1. The predicted octanol–water partition coefficient (Wildman–Crippen LogP) is 5.00. The summed E-state index contributed by atoms with van der Waals surface area (Å²) in [7, 11) is 1.35. The van der Waals surface area contributed by atoms with E-state index in [-0.39, 0.29) is 47.8 Å². The number of methoxy groups -OCH3 is 1. The fourth-order valence-electron chi connectivity index (χ4n) is 4.19. The van der Waals surface area contributed by atoms with Gasteiger partial charge in [0.05, 0.1) is 26.7 Å². The Morgan fingerprint density at radius 1 is 1.08 bits per heavy atom. The van der Waals surface area contributed by atoms with Crippen molar-refractivity contribution in [3.8, 4) is 6.01 Å². The van der Waals surface area contributed by atoms with Crippen molar-refractivity contribution in [3.63, 3.8) is 0 Å². The number of nitrogens with one attached hydrogen (secondary N) is 2. The molecule has 0 saturated heterocycles. The number of imidazole rings is 1. The van der Waals surface area contributed by atoms with E-state index < -0.39 is 0 Å². The van der Waals surface area contributed by atoms with Gasteiger partial charge in [-0.3, -0.25) is 14.2 Å². The van der Waals surface area contributed by atoms with Crippen LogP contribution in [0.3, 0.4) is 0 Å². The SMILES string of the molecule is CCCCOc1nc(NC(=O)CCCCCC(C)(C)C)c2[nH]c(=O)n(Cc3cccc(CC(=O)OC)c3)c2n1. The van der Waals surface area contributed by atoms with Gasteiger partial charge in [-0.15, -0.1) is 0 Å². The largest absolute Gasteiger partial charge is 0.469 e. The number of amides is 1. The van der Waals surface area contributed by atoms with Crippen molar-refractivity contribution in [2.75, 3.05) is 19.0 Å². The minimum atomic E-state index is -0.388. The first-order chi connectivity index (χ1) is 18.6. The number of ether oxygens (including phenoxy) is 2. The molecule has 10 heteroatoms. The summed E-state index contributed by atoms with van der Waals surface area (Å²) in [5, 5.41) is 2.86. The molecule has 2 heterocycles.